The smallest absolute Gasteiger partial charge is 0.234 e. The summed E-state index contributed by atoms with van der Waals surface area (Å²) >= 11 is 1.30. The largest absolute Gasteiger partial charge is 0.325 e. The molecule has 0 spiro atoms. The fourth-order valence-electron chi connectivity index (χ4n) is 2.72. The lowest BCUT2D eigenvalue weighted by Crippen LogP contribution is -2.18. The molecule has 0 aromatic heterocycles. The third kappa shape index (κ3) is 5.59. The normalized spacial score (nSPS) is 10.6. The highest BCUT2D eigenvalue weighted by Gasteiger charge is 2.07. The summed E-state index contributed by atoms with van der Waals surface area (Å²) in [5.74, 6) is 0.244. The predicted octanol–water partition coefficient (Wildman–Crippen LogP) is 4.71. The number of amides is 2. The van der Waals surface area contributed by atoms with Gasteiger partial charge in [-0.05, 0) is 47.0 Å². The monoisotopic (exact) mass is 378 g/mol. The van der Waals surface area contributed by atoms with Crippen molar-refractivity contribution in [2.24, 2.45) is 0 Å². The highest BCUT2D eigenvalue weighted by molar-refractivity contribution is 8.00. The molecule has 4 nitrogen and oxygen atoms in total. The molecule has 3 rings (SSSR count). The van der Waals surface area contributed by atoms with Crippen LogP contribution in [0.15, 0.2) is 66.7 Å². The number of carbonyl (C=O) groups excluding carboxylic acids is 2. The molecule has 0 saturated carbocycles. The molecule has 0 saturated heterocycles. The molecule has 0 aliphatic rings. The Morgan fingerprint density at radius 2 is 1.37 bits per heavy atom. The van der Waals surface area contributed by atoms with Crippen LogP contribution in [-0.4, -0.2) is 23.3 Å². The Kier molecular flexibility index (Phi) is 6.49. The second-order valence-corrected chi connectivity index (χ2v) is 7.19. The summed E-state index contributed by atoms with van der Waals surface area (Å²) in [5, 5.41) is 7.94. The summed E-state index contributed by atoms with van der Waals surface area (Å²) in [7, 11) is 0. The number of aryl methyl sites for hydroxylation is 1. The number of hydrogen-bond donors (Lipinski definition) is 2. The van der Waals surface area contributed by atoms with E-state index < -0.39 is 0 Å². The molecule has 0 radical (unpaired) electrons. The fourth-order valence-corrected chi connectivity index (χ4v) is 3.34. The SMILES string of the molecule is CCc1ccc(NC(=O)CSCC(=O)Nc2ccc3ccccc3c2)cc1. The van der Waals surface area contributed by atoms with E-state index >= 15 is 0 Å². The van der Waals surface area contributed by atoms with Crippen molar-refractivity contribution >= 4 is 45.7 Å². The van der Waals surface area contributed by atoms with Crippen molar-refractivity contribution in [3.8, 4) is 0 Å². The van der Waals surface area contributed by atoms with E-state index in [2.05, 4.69) is 17.6 Å². The predicted molar refractivity (Wildman–Crippen MR) is 114 cm³/mol. The second kappa shape index (κ2) is 9.24. The van der Waals surface area contributed by atoms with Crippen molar-refractivity contribution in [1.82, 2.24) is 0 Å². The third-order valence-corrected chi connectivity index (χ3v) is 5.08. The highest BCUT2D eigenvalue weighted by Crippen LogP contribution is 2.19. The Hall–Kier alpha value is -2.79. The van der Waals surface area contributed by atoms with Gasteiger partial charge in [0.15, 0.2) is 0 Å². The molecule has 3 aromatic rings. The average Bonchev–Trinajstić information content (AvgIpc) is 2.68. The maximum absolute atomic E-state index is 12.1. The van der Waals surface area contributed by atoms with Crippen LogP contribution in [0.1, 0.15) is 12.5 Å². The summed E-state index contributed by atoms with van der Waals surface area (Å²) in [5.41, 5.74) is 2.77. The van der Waals surface area contributed by atoms with Gasteiger partial charge in [0.05, 0.1) is 11.5 Å². The number of benzene rings is 3. The van der Waals surface area contributed by atoms with Gasteiger partial charge in [-0.25, -0.2) is 0 Å². The van der Waals surface area contributed by atoms with Crippen LogP contribution in [0.2, 0.25) is 0 Å². The maximum Gasteiger partial charge on any atom is 0.234 e. The zero-order valence-electron chi connectivity index (χ0n) is 15.2. The number of thioether (sulfide) groups is 1. The zero-order chi connectivity index (χ0) is 19.1. The first kappa shape index (κ1) is 19.0. The number of carbonyl (C=O) groups is 2. The van der Waals surface area contributed by atoms with Crippen LogP contribution in [-0.2, 0) is 16.0 Å². The Morgan fingerprint density at radius 1 is 0.778 bits per heavy atom. The van der Waals surface area contributed by atoms with E-state index in [4.69, 9.17) is 0 Å². The fraction of sp³-hybridized carbons (Fsp3) is 0.182. The van der Waals surface area contributed by atoms with Crippen molar-refractivity contribution < 1.29 is 9.59 Å². The first-order chi connectivity index (χ1) is 13.1. The van der Waals surface area contributed by atoms with Crippen molar-refractivity contribution in [2.75, 3.05) is 22.1 Å². The number of anilines is 2. The van der Waals surface area contributed by atoms with Gasteiger partial charge in [-0.15, -0.1) is 11.8 Å². The number of hydrogen-bond acceptors (Lipinski definition) is 3. The molecule has 27 heavy (non-hydrogen) atoms. The lowest BCUT2D eigenvalue weighted by Gasteiger charge is -2.08. The first-order valence-corrected chi connectivity index (χ1v) is 10.0. The minimum absolute atomic E-state index is 0.109. The van der Waals surface area contributed by atoms with Crippen molar-refractivity contribution in [1.29, 1.82) is 0 Å². The van der Waals surface area contributed by atoms with Gasteiger partial charge < -0.3 is 10.6 Å². The third-order valence-electron chi connectivity index (χ3n) is 4.15. The van der Waals surface area contributed by atoms with Gasteiger partial charge in [-0.3, -0.25) is 9.59 Å². The second-order valence-electron chi connectivity index (χ2n) is 6.20. The minimum atomic E-state index is -0.115. The van der Waals surface area contributed by atoms with Crippen LogP contribution >= 0.6 is 11.8 Å². The standard InChI is InChI=1S/C22H22N2O2S/c1-2-16-7-10-19(11-8-16)23-21(25)14-27-15-22(26)24-20-12-9-17-5-3-4-6-18(17)13-20/h3-13H,2,14-15H2,1H3,(H,23,25)(H,24,26). The van der Waals surface area contributed by atoms with Gasteiger partial charge in [0.1, 0.15) is 0 Å². The minimum Gasteiger partial charge on any atom is -0.325 e. The molecule has 0 atom stereocenters. The van der Waals surface area contributed by atoms with Crippen LogP contribution in [0.4, 0.5) is 11.4 Å². The lowest BCUT2D eigenvalue weighted by atomic mass is 10.1. The van der Waals surface area contributed by atoms with Gasteiger partial charge in [0.25, 0.3) is 0 Å². The van der Waals surface area contributed by atoms with E-state index in [9.17, 15) is 9.59 Å². The lowest BCUT2D eigenvalue weighted by molar-refractivity contribution is -0.114. The Morgan fingerprint density at radius 3 is 2.04 bits per heavy atom. The molecule has 0 unspecified atom stereocenters. The molecule has 0 fully saturated rings. The number of fused-ring (bicyclic) bond motifs is 1. The van der Waals surface area contributed by atoms with Gasteiger partial charge >= 0.3 is 0 Å². The maximum atomic E-state index is 12.1. The van der Waals surface area contributed by atoms with E-state index in [1.807, 2.05) is 66.7 Å². The molecule has 3 aromatic carbocycles. The van der Waals surface area contributed by atoms with Crippen LogP contribution in [0, 0.1) is 0 Å². The first-order valence-electron chi connectivity index (χ1n) is 8.89. The molecular weight excluding hydrogens is 356 g/mol. The summed E-state index contributed by atoms with van der Waals surface area (Å²) in [6, 6.07) is 21.6. The topological polar surface area (TPSA) is 58.2 Å². The summed E-state index contributed by atoms with van der Waals surface area (Å²) in [6.45, 7) is 2.09. The summed E-state index contributed by atoms with van der Waals surface area (Å²) in [6.07, 6.45) is 0.969. The van der Waals surface area contributed by atoms with Gasteiger partial charge in [0.2, 0.25) is 11.8 Å². The van der Waals surface area contributed by atoms with Crippen LogP contribution in [0.25, 0.3) is 10.8 Å². The molecule has 2 N–H and O–H groups in total. The average molecular weight is 378 g/mol. The van der Waals surface area contributed by atoms with Gasteiger partial charge in [-0.1, -0.05) is 49.4 Å². The van der Waals surface area contributed by atoms with Crippen LogP contribution in [0.3, 0.4) is 0 Å². The number of nitrogens with one attached hydrogen (secondary N) is 2. The molecule has 138 valence electrons. The van der Waals surface area contributed by atoms with Gasteiger partial charge in [0, 0.05) is 11.4 Å². The van der Waals surface area contributed by atoms with E-state index in [0.29, 0.717) is 0 Å². The summed E-state index contributed by atoms with van der Waals surface area (Å²) < 4.78 is 0. The zero-order valence-corrected chi connectivity index (χ0v) is 16.0. The van der Waals surface area contributed by atoms with Crippen LogP contribution in [0.5, 0.6) is 0 Å². The Labute approximate surface area is 163 Å². The quantitative estimate of drug-likeness (QED) is 0.626. The highest BCUT2D eigenvalue weighted by atomic mass is 32.2. The van der Waals surface area contributed by atoms with Crippen LogP contribution < -0.4 is 10.6 Å². The molecule has 0 bridgehead atoms. The molecule has 0 aliphatic heterocycles. The van der Waals surface area contributed by atoms with Crippen molar-refractivity contribution in [2.45, 2.75) is 13.3 Å². The molecular formula is C22H22N2O2S. The molecule has 5 heteroatoms. The van der Waals surface area contributed by atoms with E-state index in [1.165, 1.54) is 17.3 Å². The van der Waals surface area contributed by atoms with E-state index in [0.717, 1.165) is 28.6 Å². The van der Waals surface area contributed by atoms with Crippen molar-refractivity contribution in [3.05, 3.63) is 72.3 Å². The molecule has 0 heterocycles. The Balaban J connectivity index is 1.43. The van der Waals surface area contributed by atoms with E-state index in [1.54, 1.807) is 0 Å². The van der Waals surface area contributed by atoms with Gasteiger partial charge in [-0.2, -0.15) is 0 Å². The molecule has 0 aliphatic carbocycles. The Bertz CT molecular complexity index is 938. The summed E-state index contributed by atoms with van der Waals surface area (Å²) in [4.78, 5) is 24.1. The molecule has 2 amide bonds. The van der Waals surface area contributed by atoms with E-state index in [-0.39, 0.29) is 23.3 Å². The number of rotatable bonds is 7. The van der Waals surface area contributed by atoms with Crippen molar-refractivity contribution in [3.63, 3.8) is 0 Å².